The highest BCUT2D eigenvalue weighted by Gasteiger charge is 2.37. The van der Waals surface area contributed by atoms with Crippen LogP contribution in [0.2, 0.25) is 0 Å². The molecular formula is C25H27N3O5. The van der Waals surface area contributed by atoms with Crippen molar-refractivity contribution in [3.63, 3.8) is 0 Å². The molecule has 172 valence electrons. The van der Waals surface area contributed by atoms with E-state index in [4.69, 9.17) is 14.0 Å². The van der Waals surface area contributed by atoms with Gasteiger partial charge in [0, 0.05) is 30.5 Å². The summed E-state index contributed by atoms with van der Waals surface area (Å²) in [6.07, 6.45) is 0.537. The minimum absolute atomic E-state index is 0.118. The molecule has 1 saturated heterocycles. The average Bonchev–Trinajstić information content (AvgIpc) is 3.49. The summed E-state index contributed by atoms with van der Waals surface area (Å²) in [6.45, 7) is 5.25. The van der Waals surface area contributed by atoms with E-state index in [1.807, 2.05) is 68.4 Å². The summed E-state index contributed by atoms with van der Waals surface area (Å²) in [7, 11) is 0. The molecule has 1 aliphatic heterocycles. The van der Waals surface area contributed by atoms with E-state index in [2.05, 4.69) is 10.1 Å². The number of likely N-dealkylation sites (tertiary alicyclic amines) is 1. The number of hydrogen-bond donors (Lipinski definition) is 0. The van der Waals surface area contributed by atoms with Crippen molar-refractivity contribution in [1.29, 1.82) is 0 Å². The maximum absolute atomic E-state index is 12.4. The van der Waals surface area contributed by atoms with E-state index in [0.717, 1.165) is 17.4 Å². The second kappa shape index (κ2) is 10.3. The van der Waals surface area contributed by atoms with Crippen LogP contribution in [0.4, 0.5) is 4.79 Å². The summed E-state index contributed by atoms with van der Waals surface area (Å²) in [5.41, 5.74) is 1.78. The van der Waals surface area contributed by atoms with Crippen molar-refractivity contribution in [2.75, 3.05) is 19.7 Å². The Morgan fingerprint density at radius 2 is 2.00 bits per heavy atom. The molecule has 1 aliphatic rings. The summed E-state index contributed by atoms with van der Waals surface area (Å²) in [4.78, 5) is 30.0. The van der Waals surface area contributed by atoms with Crippen molar-refractivity contribution < 1.29 is 23.6 Å². The highest BCUT2D eigenvalue weighted by molar-refractivity contribution is 5.70. The highest BCUT2D eigenvalue weighted by Crippen LogP contribution is 2.33. The molecule has 33 heavy (non-hydrogen) atoms. The Labute approximate surface area is 192 Å². The normalized spacial score (nSPS) is 17.8. The molecule has 1 aromatic heterocycles. The Balaban J connectivity index is 1.39. The fourth-order valence-electron chi connectivity index (χ4n) is 3.79. The number of carbonyl (C=O) groups is 2. The molecule has 0 saturated carbocycles. The maximum Gasteiger partial charge on any atom is 0.409 e. The topological polar surface area (TPSA) is 94.8 Å². The molecule has 1 amide bonds. The summed E-state index contributed by atoms with van der Waals surface area (Å²) in [5.74, 6) is 1.34. The number of amides is 1. The molecule has 3 aromatic rings. The van der Waals surface area contributed by atoms with Crippen LogP contribution in [-0.4, -0.2) is 47.1 Å². The molecule has 0 radical (unpaired) electrons. The van der Waals surface area contributed by atoms with Gasteiger partial charge in [0.15, 0.2) is 6.61 Å². The smallest absolute Gasteiger partial charge is 0.409 e. The Bertz CT molecular complexity index is 1080. The third kappa shape index (κ3) is 5.58. The van der Waals surface area contributed by atoms with Gasteiger partial charge >= 0.3 is 6.09 Å². The lowest BCUT2D eigenvalue weighted by Gasteiger charge is -2.17. The SMILES string of the molecule is CC(C)COC(=O)N1CC(C=O)[C@H](c2cccc(OCc3noc(-c4ccccc4)n3)c2)C1. The molecule has 4 rings (SSSR count). The summed E-state index contributed by atoms with van der Waals surface area (Å²) in [6, 6.07) is 17.1. The molecule has 2 aromatic carbocycles. The van der Waals surface area contributed by atoms with Gasteiger partial charge < -0.3 is 23.7 Å². The van der Waals surface area contributed by atoms with Crippen LogP contribution < -0.4 is 4.74 Å². The average molecular weight is 450 g/mol. The van der Waals surface area contributed by atoms with E-state index < -0.39 is 0 Å². The number of hydrogen-bond acceptors (Lipinski definition) is 7. The van der Waals surface area contributed by atoms with E-state index in [-0.39, 0.29) is 30.5 Å². The van der Waals surface area contributed by atoms with Crippen LogP contribution in [0.3, 0.4) is 0 Å². The van der Waals surface area contributed by atoms with Crippen LogP contribution in [0.1, 0.15) is 31.2 Å². The summed E-state index contributed by atoms with van der Waals surface area (Å²) < 4.78 is 16.5. The molecule has 2 atom stereocenters. The lowest BCUT2D eigenvalue weighted by Crippen LogP contribution is -2.30. The molecule has 0 spiro atoms. The molecule has 8 nitrogen and oxygen atoms in total. The van der Waals surface area contributed by atoms with Gasteiger partial charge in [-0.1, -0.05) is 49.3 Å². The van der Waals surface area contributed by atoms with Gasteiger partial charge in [-0.05, 0) is 35.7 Å². The van der Waals surface area contributed by atoms with Crippen molar-refractivity contribution in [2.45, 2.75) is 26.4 Å². The Morgan fingerprint density at radius 1 is 1.18 bits per heavy atom. The number of rotatable bonds is 8. The van der Waals surface area contributed by atoms with Gasteiger partial charge in [0.1, 0.15) is 12.0 Å². The van der Waals surface area contributed by atoms with E-state index in [0.29, 0.717) is 37.2 Å². The fourth-order valence-corrected chi connectivity index (χ4v) is 3.79. The standard InChI is InChI=1S/C25H27N3O5/c1-17(2)15-32-25(30)28-12-20(14-29)22(13-28)19-9-6-10-21(11-19)31-16-23-26-24(33-27-23)18-7-4-3-5-8-18/h3-11,14,17,20,22H,12-13,15-16H2,1-2H3/t20?,22-/m0/s1. The zero-order chi connectivity index (χ0) is 23.2. The summed E-state index contributed by atoms with van der Waals surface area (Å²) in [5, 5.41) is 3.98. The predicted molar refractivity (Wildman–Crippen MR) is 121 cm³/mol. The van der Waals surface area contributed by atoms with Crippen molar-refractivity contribution in [3.05, 3.63) is 66.0 Å². The Kier molecular flexibility index (Phi) is 7.02. The number of nitrogens with zero attached hydrogens (tertiary/aromatic N) is 3. The molecule has 1 unspecified atom stereocenters. The van der Waals surface area contributed by atoms with Crippen LogP contribution in [0, 0.1) is 11.8 Å². The highest BCUT2D eigenvalue weighted by atomic mass is 16.6. The molecular weight excluding hydrogens is 422 g/mol. The minimum atomic E-state index is -0.378. The van der Waals surface area contributed by atoms with Crippen LogP contribution in [0.15, 0.2) is 59.1 Å². The molecule has 0 N–H and O–H groups in total. The minimum Gasteiger partial charge on any atom is -0.485 e. The molecule has 0 bridgehead atoms. The van der Waals surface area contributed by atoms with Gasteiger partial charge in [-0.15, -0.1) is 0 Å². The Hall–Kier alpha value is -3.68. The number of aromatic nitrogens is 2. The first-order valence-electron chi connectivity index (χ1n) is 11.0. The first-order valence-corrected chi connectivity index (χ1v) is 11.0. The second-order valence-electron chi connectivity index (χ2n) is 8.53. The van der Waals surface area contributed by atoms with Crippen molar-refractivity contribution in [2.24, 2.45) is 11.8 Å². The fraction of sp³-hybridized carbons (Fsp3) is 0.360. The van der Waals surface area contributed by atoms with Crippen molar-refractivity contribution >= 4 is 12.4 Å². The number of carbonyl (C=O) groups excluding carboxylic acids is 2. The first kappa shape index (κ1) is 22.5. The van der Waals surface area contributed by atoms with E-state index in [9.17, 15) is 9.59 Å². The van der Waals surface area contributed by atoms with Crippen LogP contribution in [0.25, 0.3) is 11.5 Å². The van der Waals surface area contributed by atoms with Crippen LogP contribution >= 0.6 is 0 Å². The maximum atomic E-state index is 12.4. The quantitative estimate of drug-likeness (QED) is 0.473. The van der Waals surface area contributed by atoms with Gasteiger partial charge in [0.2, 0.25) is 5.82 Å². The van der Waals surface area contributed by atoms with E-state index >= 15 is 0 Å². The number of ether oxygens (including phenoxy) is 2. The largest absolute Gasteiger partial charge is 0.485 e. The summed E-state index contributed by atoms with van der Waals surface area (Å²) >= 11 is 0. The Morgan fingerprint density at radius 3 is 2.76 bits per heavy atom. The number of aldehydes is 1. The van der Waals surface area contributed by atoms with Crippen LogP contribution in [0.5, 0.6) is 5.75 Å². The molecule has 8 heteroatoms. The zero-order valence-electron chi connectivity index (χ0n) is 18.7. The molecule has 2 heterocycles. The van der Waals surface area contributed by atoms with Gasteiger partial charge in [0.05, 0.1) is 6.61 Å². The predicted octanol–water partition coefficient (Wildman–Crippen LogP) is 4.32. The number of benzene rings is 2. The van der Waals surface area contributed by atoms with E-state index in [1.54, 1.807) is 4.90 Å². The lowest BCUT2D eigenvalue weighted by molar-refractivity contribution is -0.111. The van der Waals surface area contributed by atoms with Gasteiger partial charge in [-0.2, -0.15) is 4.98 Å². The van der Waals surface area contributed by atoms with Gasteiger partial charge in [-0.25, -0.2) is 4.79 Å². The zero-order valence-corrected chi connectivity index (χ0v) is 18.7. The lowest BCUT2D eigenvalue weighted by atomic mass is 9.90. The third-order valence-electron chi connectivity index (χ3n) is 5.48. The van der Waals surface area contributed by atoms with E-state index in [1.165, 1.54) is 0 Å². The van der Waals surface area contributed by atoms with Gasteiger partial charge in [-0.3, -0.25) is 0 Å². The first-order chi connectivity index (χ1) is 16.0. The van der Waals surface area contributed by atoms with Crippen molar-refractivity contribution in [3.8, 4) is 17.2 Å². The molecule has 1 fully saturated rings. The monoisotopic (exact) mass is 449 g/mol. The van der Waals surface area contributed by atoms with Crippen molar-refractivity contribution in [1.82, 2.24) is 15.0 Å². The molecule has 0 aliphatic carbocycles. The third-order valence-corrected chi connectivity index (χ3v) is 5.48. The van der Waals surface area contributed by atoms with Gasteiger partial charge in [0.25, 0.3) is 5.89 Å². The second-order valence-corrected chi connectivity index (χ2v) is 8.53. The van der Waals surface area contributed by atoms with Crippen LogP contribution in [-0.2, 0) is 16.1 Å².